The number of hydrogen-bond acceptors (Lipinski definition) is 3. The summed E-state index contributed by atoms with van der Waals surface area (Å²) in [7, 11) is 0. The van der Waals surface area contributed by atoms with Crippen LogP contribution < -0.4 is 10.6 Å². The smallest absolute Gasteiger partial charge is 0.244 e. The van der Waals surface area contributed by atoms with E-state index in [1.54, 1.807) is 6.92 Å². The summed E-state index contributed by atoms with van der Waals surface area (Å²) in [6, 6.07) is 9.06. The first-order chi connectivity index (χ1) is 10.2. The summed E-state index contributed by atoms with van der Waals surface area (Å²) in [5.41, 5.74) is 0.891. The molecule has 0 bridgehead atoms. The molecule has 0 spiro atoms. The van der Waals surface area contributed by atoms with Crippen LogP contribution in [0.5, 0.6) is 0 Å². The van der Waals surface area contributed by atoms with Gasteiger partial charge in [0, 0.05) is 18.8 Å². The van der Waals surface area contributed by atoms with E-state index in [0.717, 1.165) is 31.6 Å². The highest BCUT2D eigenvalue weighted by molar-refractivity contribution is 5.89. The third kappa shape index (κ3) is 4.77. The largest absolute Gasteiger partial charge is 0.376 e. The van der Waals surface area contributed by atoms with Gasteiger partial charge in [0.25, 0.3) is 0 Å². The second-order valence-corrected chi connectivity index (χ2v) is 5.39. The number of carbonyl (C=O) groups excluding carboxylic acids is 2. The monoisotopic (exact) mass is 289 g/mol. The average Bonchev–Trinajstić information content (AvgIpc) is 2.54. The minimum atomic E-state index is -0.465. The number of rotatable bonds is 5. The molecule has 21 heavy (non-hydrogen) atoms. The summed E-state index contributed by atoms with van der Waals surface area (Å²) < 4.78 is 0. The molecule has 1 heterocycles. The fraction of sp³-hybridized carbons (Fsp3) is 0.500. The predicted octanol–water partition coefficient (Wildman–Crippen LogP) is 1.62. The Labute approximate surface area is 125 Å². The molecule has 2 N–H and O–H groups in total. The summed E-state index contributed by atoms with van der Waals surface area (Å²) in [6.45, 7) is 3.53. The van der Waals surface area contributed by atoms with Crippen LogP contribution in [0.15, 0.2) is 30.3 Å². The molecule has 1 unspecified atom stereocenters. The first-order valence-electron chi connectivity index (χ1n) is 7.54. The molecule has 1 fully saturated rings. The van der Waals surface area contributed by atoms with Crippen molar-refractivity contribution < 1.29 is 9.59 Å². The summed E-state index contributed by atoms with van der Waals surface area (Å²) in [6.07, 6.45) is 3.30. The Kier molecular flexibility index (Phi) is 5.60. The highest BCUT2D eigenvalue weighted by Gasteiger charge is 2.23. The molecule has 0 aromatic heterocycles. The van der Waals surface area contributed by atoms with Crippen LogP contribution in [0.25, 0.3) is 0 Å². The summed E-state index contributed by atoms with van der Waals surface area (Å²) in [4.78, 5) is 25.9. The van der Waals surface area contributed by atoms with E-state index in [4.69, 9.17) is 0 Å². The number of piperidine rings is 1. The lowest BCUT2D eigenvalue weighted by atomic mass is 10.1. The average molecular weight is 289 g/mol. The van der Waals surface area contributed by atoms with Crippen LogP contribution in [0.3, 0.4) is 0 Å². The van der Waals surface area contributed by atoms with E-state index < -0.39 is 6.04 Å². The van der Waals surface area contributed by atoms with Gasteiger partial charge in [-0.05, 0) is 38.3 Å². The lowest BCUT2D eigenvalue weighted by molar-refractivity contribution is -0.136. The van der Waals surface area contributed by atoms with Crippen molar-refractivity contribution in [2.24, 2.45) is 0 Å². The molecule has 1 aromatic rings. The van der Waals surface area contributed by atoms with E-state index in [1.165, 1.54) is 6.42 Å². The first kappa shape index (κ1) is 15.4. The second kappa shape index (κ2) is 7.67. The Hall–Kier alpha value is -2.04. The maximum absolute atomic E-state index is 12.2. The summed E-state index contributed by atoms with van der Waals surface area (Å²) >= 11 is 0. The van der Waals surface area contributed by atoms with Crippen molar-refractivity contribution in [3.8, 4) is 0 Å². The van der Waals surface area contributed by atoms with E-state index in [0.29, 0.717) is 0 Å². The zero-order valence-corrected chi connectivity index (χ0v) is 12.5. The van der Waals surface area contributed by atoms with Gasteiger partial charge in [-0.15, -0.1) is 0 Å². The van der Waals surface area contributed by atoms with Crippen molar-refractivity contribution in [3.63, 3.8) is 0 Å². The number of nitrogens with zero attached hydrogens (tertiary/aromatic N) is 1. The van der Waals surface area contributed by atoms with Crippen LogP contribution >= 0.6 is 0 Å². The lowest BCUT2D eigenvalue weighted by Gasteiger charge is -2.29. The fourth-order valence-electron chi connectivity index (χ4n) is 2.48. The van der Waals surface area contributed by atoms with Crippen LogP contribution in [-0.4, -0.2) is 42.4 Å². The van der Waals surface area contributed by atoms with Gasteiger partial charge in [-0.25, -0.2) is 0 Å². The van der Waals surface area contributed by atoms with Crippen LogP contribution in [0.4, 0.5) is 5.69 Å². The Morgan fingerprint density at radius 2 is 1.81 bits per heavy atom. The van der Waals surface area contributed by atoms with E-state index in [2.05, 4.69) is 10.6 Å². The van der Waals surface area contributed by atoms with Crippen molar-refractivity contribution in [2.45, 2.75) is 32.2 Å². The van der Waals surface area contributed by atoms with Gasteiger partial charge < -0.3 is 15.5 Å². The Morgan fingerprint density at radius 3 is 2.48 bits per heavy atom. The Bertz CT molecular complexity index is 470. The van der Waals surface area contributed by atoms with Crippen molar-refractivity contribution >= 4 is 17.5 Å². The molecule has 5 heteroatoms. The molecule has 1 atom stereocenters. The molecule has 0 radical (unpaired) electrons. The van der Waals surface area contributed by atoms with Gasteiger partial charge in [-0.1, -0.05) is 18.2 Å². The molecule has 5 nitrogen and oxygen atoms in total. The van der Waals surface area contributed by atoms with Crippen LogP contribution in [-0.2, 0) is 9.59 Å². The van der Waals surface area contributed by atoms with Crippen molar-refractivity contribution in [1.29, 1.82) is 0 Å². The molecule has 2 amide bonds. The quantitative estimate of drug-likeness (QED) is 0.866. The van der Waals surface area contributed by atoms with Gasteiger partial charge in [0.05, 0.1) is 6.54 Å². The number of nitrogens with one attached hydrogen (secondary N) is 2. The molecular weight excluding hydrogens is 266 g/mol. The van der Waals surface area contributed by atoms with E-state index in [-0.39, 0.29) is 18.4 Å². The number of amides is 2. The van der Waals surface area contributed by atoms with Crippen LogP contribution in [0.1, 0.15) is 26.2 Å². The molecule has 1 aliphatic heterocycles. The SMILES string of the molecule is CC(NC(=O)CNc1ccccc1)C(=O)N1CCCCC1. The van der Waals surface area contributed by atoms with E-state index in [1.807, 2.05) is 35.2 Å². The minimum absolute atomic E-state index is 0.0164. The predicted molar refractivity (Wildman–Crippen MR) is 83.0 cm³/mol. The number of hydrogen-bond donors (Lipinski definition) is 2. The maximum atomic E-state index is 12.2. The number of likely N-dealkylation sites (tertiary alicyclic amines) is 1. The molecule has 2 rings (SSSR count). The molecule has 1 saturated heterocycles. The maximum Gasteiger partial charge on any atom is 0.244 e. The standard InChI is InChI=1S/C16H23N3O2/c1-13(16(21)19-10-6-3-7-11-19)18-15(20)12-17-14-8-4-2-5-9-14/h2,4-5,8-9,13,17H,3,6-7,10-12H2,1H3,(H,18,20). The highest BCUT2D eigenvalue weighted by atomic mass is 16.2. The first-order valence-corrected chi connectivity index (χ1v) is 7.54. The minimum Gasteiger partial charge on any atom is -0.376 e. The van der Waals surface area contributed by atoms with Gasteiger partial charge in [0.1, 0.15) is 6.04 Å². The third-order valence-corrected chi connectivity index (χ3v) is 3.64. The van der Waals surface area contributed by atoms with Gasteiger partial charge >= 0.3 is 0 Å². The van der Waals surface area contributed by atoms with Crippen molar-refractivity contribution in [3.05, 3.63) is 30.3 Å². The zero-order chi connectivity index (χ0) is 15.1. The Balaban J connectivity index is 1.74. The number of anilines is 1. The van der Waals surface area contributed by atoms with Crippen LogP contribution in [0, 0.1) is 0 Å². The number of carbonyl (C=O) groups is 2. The van der Waals surface area contributed by atoms with E-state index in [9.17, 15) is 9.59 Å². The molecule has 1 aliphatic rings. The fourth-order valence-corrected chi connectivity index (χ4v) is 2.48. The van der Waals surface area contributed by atoms with Gasteiger partial charge in [-0.2, -0.15) is 0 Å². The molecule has 1 aromatic carbocycles. The van der Waals surface area contributed by atoms with Gasteiger partial charge in [-0.3, -0.25) is 9.59 Å². The lowest BCUT2D eigenvalue weighted by Crippen LogP contribution is -2.49. The normalized spacial score (nSPS) is 16.1. The molecule has 114 valence electrons. The van der Waals surface area contributed by atoms with Gasteiger partial charge in [0.2, 0.25) is 11.8 Å². The topological polar surface area (TPSA) is 61.4 Å². The van der Waals surface area contributed by atoms with Crippen molar-refractivity contribution in [2.75, 3.05) is 25.0 Å². The second-order valence-electron chi connectivity index (χ2n) is 5.39. The zero-order valence-electron chi connectivity index (χ0n) is 12.5. The van der Waals surface area contributed by atoms with Gasteiger partial charge in [0.15, 0.2) is 0 Å². The third-order valence-electron chi connectivity index (χ3n) is 3.64. The van der Waals surface area contributed by atoms with Crippen LogP contribution in [0.2, 0.25) is 0 Å². The summed E-state index contributed by atoms with van der Waals surface area (Å²) in [5.74, 6) is -0.153. The van der Waals surface area contributed by atoms with Crippen molar-refractivity contribution in [1.82, 2.24) is 10.2 Å². The summed E-state index contributed by atoms with van der Waals surface area (Å²) in [5, 5.41) is 5.79. The highest BCUT2D eigenvalue weighted by Crippen LogP contribution is 2.10. The molecule has 0 aliphatic carbocycles. The van der Waals surface area contributed by atoms with E-state index >= 15 is 0 Å². The Morgan fingerprint density at radius 1 is 1.14 bits per heavy atom. The number of benzene rings is 1. The molecule has 0 saturated carbocycles. The number of para-hydroxylation sites is 1. The molecular formula is C16H23N3O2.